The lowest BCUT2D eigenvalue weighted by molar-refractivity contribution is -0.127. The van der Waals surface area contributed by atoms with Crippen molar-refractivity contribution in [3.8, 4) is 11.5 Å². The molecule has 0 aromatic heterocycles. The quantitative estimate of drug-likeness (QED) is 0.845. The Morgan fingerprint density at radius 2 is 1.88 bits per heavy atom. The summed E-state index contributed by atoms with van der Waals surface area (Å²) in [6.07, 6.45) is 1.70. The van der Waals surface area contributed by atoms with Gasteiger partial charge in [0, 0.05) is 6.04 Å². The molecule has 0 aliphatic heterocycles. The Morgan fingerprint density at radius 3 is 2.41 bits per heavy atom. The fraction of sp³-hybridized carbons (Fsp3) is 0.462. The van der Waals surface area contributed by atoms with E-state index in [1.807, 2.05) is 0 Å². The van der Waals surface area contributed by atoms with Crippen molar-refractivity contribution in [2.45, 2.75) is 31.9 Å². The zero-order chi connectivity index (χ0) is 12.3. The van der Waals surface area contributed by atoms with E-state index in [0.717, 1.165) is 18.6 Å². The number of amides is 1. The van der Waals surface area contributed by atoms with Crippen molar-refractivity contribution in [1.82, 2.24) is 5.32 Å². The highest BCUT2D eigenvalue weighted by molar-refractivity contribution is 5.81. The maximum absolute atomic E-state index is 11.7. The smallest absolute Gasteiger partial charge is 0.260 e. The molecule has 92 valence electrons. The summed E-state index contributed by atoms with van der Waals surface area (Å²) in [6, 6.07) is 7.56. The van der Waals surface area contributed by atoms with Crippen LogP contribution in [-0.4, -0.2) is 25.2 Å². The van der Waals surface area contributed by atoms with Gasteiger partial charge in [0.25, 0.3) is 5.91 Å². The normalized spacial score (nSPS) is 16.1. The van der Waals surface area contributed by atoms with Crippen molar-refractivity contribution >= 4 is 5.91 Å². The lowest BCUT2D eigenvalue weighted by Gasteiger charge is -2.14. The van der Waals surface area contributed by atoms with Gasteiger partial charge >= 0.3 is 0 Å². The van der Waals surface area contributed by atoms with Gasteiger partial charge in [-0.05, 0) is 44.0 Å². The first-order chi connectivity index (χ1) is 8.19. The molecule has 1 fully saturated rings. The molecule has 1 aromatic carbocycles. The monoisotopic (exact) mass is 235 g/mol. The second kappa shape index (κ2) is 5.08. The van der Waals surface area contributed by atoms with Crippen molar-refractivity contribution in [3.05, 3.63) is 24.3 Å². The van der Waals surface area contributed by atoms with Crippen LogP contribution in [0.5, 0.6) is 11.5 Å². The van der Waals surface area contributed by atoms with Crippen LogP contribution in [0.2, 0.25) is 0 Å². The molecule has 1 aromatic rings. The Kier molecular flexibility index (Phi) is 3.52. The second-order valence-corrected chi connectivity index (χ2v) is 4.22. The van der Waals surface area contributed by atoms with Crippen LogP contribution >= 0.6 is 0 Å². The van der Waals surface area contributed by atoms with Crippen molar-refractivity contribution in [3.63, 3.8) is 0 Å². The highest BCUT2D eigenvalue weighted by Crippen LogP contribution is 2.20. The van der Waals surface area contributed by atoms with Crippen molar-refractivity contribution < 1.29 is 14.3 Å². The van der Waals surface area contributed by atoms with Gasteiger partial charge in [0.2, 0.25) is 0 Å². The zero-order valence-corrected chi connectivity index (χ0v) is 10.1. The molecule has 17 heavy (non-hydrogen) atoms. The van der Waals surface area contributed by atoms with Crippen LogP contribution in [0.15, 0.2) is 24.3 Å². The van der Waals surface area contributed by atoms with E-state index in [0.29, 0.717) is 11.8 Å². The number of rotatable bonds is 5. The molecular weight excluding hydrogens is 218 g/mol. The van der Waals surface area contributed by atoms with Gasteiger partial charge in [-0.1, -0.05) is 0 Å². The molecule has 0 saturated heterocycles. The Labute approximate surface area is 101 Å². The average Bonchev–Trinajstić information content (AvgIpc) is 3.14. The molecular formula is C13H17NO3. The topological polar surface area (TPSA) is 47.6 Å². The summed E-state index contributed by atoms with van der Waals surface area (Å²) in [5.74, 6) is 1.39. The van der Waals surface area contributed by atoms with Gasteiger partial charge in [0.1, 0.15) is 11.5 Å². The van der Waals surface area contributed by atoms with E-state index in [4.69, 9.17) is 9.47 Å². The van der Waals surface area contributed by atoms with Crippen LogP contribution < -0.4 is 14.8 Å². The first-order valence-corrected chi connectivity index (χ1v) is 5.80. The van der Waals surface area contributed by atoms with Crippen LogP contribution in [0, 0.1) is 0 Å². The molecule has 0 radical (unpaired) electrons. The summed E-state index contributed by atoms with van der Waals surface area (Å²) in [6.45, 7) is 1.75. The molecule has 0 unspecified atom stereocenters. The lowest BCUT2D eigenvalue weighted by atomic mass is 10.3. The molecule has 0 bridgehead atoms. The van der Waals surface area contributed by atoms with E-state index < -0.39 is 6.10 Å². The number of benzene rings is 1. The Hall–Kier alpha value is -1.71. The Balaban J connectivity index is 1.87. The summed E-state index contributed by atoms with van der Waals surface area (Å²) < 4.78 is 10.6. The largest absolute Gasteiger partial charge is 0.497 e. The first-order valence-electron chi connectivity index (χ1n) is 5.80. The zero-order valence-electron chi connectivity index (χ0n) is 10.1. The summed E-state index contributed by atoms with van der Waals surface area (Å²) in [5, 5.41) is 2.91. The highest BCUT2D eigenvalue weighted by Gasteiger charge is 2.26. The minimum atomic E-state index is -0.469. The van der Waals surface area contributed by atoms with Crippen LogP contribution in [0.1, 0.15) is 19.8 Å². The van der Waals surface area contributed by atoms with E-state index in [1.165, 1.54) is 0 Å². The fourth-order valence-corrected chi connectivity index (χ4v) is 1.46. The second-order valence-electron chi connectivity index (χ2n) is 4.22. The number of nitrogens with one attached hydrogen (secondary N) is 1. The van der Waals surface area contributed by atoms with Crippen LogP contribution in [0.4, 0.5) is 0 Å². The third-order valence-corrected chi connectivity index (χ3v) is 2.67. The van der Waals surface area contributed by atoms with Crippen molar-refractivity contribution in [1.29, 1.82) is 0 Å². The number of carbonyl (C=O) groups excluding carboxylic acids is 1. The Bertz CT molecular complexity index is 384. The van der Waals surface area contributed by atoms with Crippen LogP contribution in [0.25, 0.3) is 0 Å². The SMILES string of the molecule is COc1ccc(O[C@@H](C)C(=O)NC2CC2)cc1. The average molecular weight is 235 g/mol. The summed E-state index contributed by atoms with van der Waals surface area (Å²) in [4.78, 5) is 11.7. The number of hydrogen-bond donors (Lipinski definition) is 1. The third-order valence-electron chi connectivity index (χ3n) is 2.67. The van der Waals surface area contributed by atoms with Gasteiger partial charge < -0.3 is 14.8 Å². The third kappa shape index (κ3) is 3.37. The molecule has 4 heteroatoms. The van der Waals surface area contributed by atoms with E-state index >= 15 is 0 Å². The molecule has 1 aliphatic carbocycles. The molecule has 1 aliphatic rings. The van der Waals surface area contributed by atoms with E-state index in [9.17, 15) is 4.79 Å². The van der Waals surface area contributed by atoms with Gasteiger partial charge in [-0.15, -0.1) is 0 Å². The van der Waals surface area contributed by atoms with Gasteiger partial charge in [-0.3, -0.25) is 4.79 Å². The predicted molar refractivity (Wildman–Crippen MR) is 64.2 cm³/mol. The number of methoxy groups -OCH3 is 1. The maximum Gasteiger partial charge on any atom is 0.260 e. The van der Waals surface area contributed by atoms with Crippen molar-refractivity contribution in [2.24, 2.45) is 0 Å². The van der Waals surface area contributed by atoms with Crippen LogP contribution in [0.3, 0.4) is 0 Å². The number of ether oxygens (including phenoxy) is 2. The summed E-state index contributed by atoms with van der Waals surface area (Å²) >= 11 is 0. The first kappa shape index (κ1) is 11.8. The molecule has 4 nitrogen and oxygen atoms in total. The molecule has 1 saturated carbocycles. The summed E-state index contributed by atoms with van der Waals surface area (Å²) in [5.41, 5.74) is 0. The fourth-order valence-electron chi connectivity index (χ4n) is 1.46. The molecule has 1 amide bonds. The minimum absolute atomic E-state index is 0.0525. The molecule has 1 N–H and O–H groups in total. The molecule has 2 rings (SSSR count). The van der Waals surface area contributed by atoms with Gasteiger partial charge in [-0.2, -0.15) is 0 Å². The molecule has 0 heterocycles. The maximum atomic E-state index is 11.7. The molecule has 0 spiro atoms. The number of carbonyl (C=O) groups is 1. The van der Waals surface area contributed by atoms with E-state index in [-0.39, 0.29) is 5.91 Å². The van der Waals surface area contributed by atoms with E-state index in [1.54, 1.807) is 38.3 Å². The minimum Gasteiger partial charge on any atom is -0.497 e. The predicted octanol–water partition coefficient (Wildman–Crippen LogP) is 1.74. The van der Waals surface area contributed by atoms with Gasteiger partial charge in [-0.25, -0.2) is 0 Å². The standard InChI is InChI=1S/C13H17NO3/c1-9(13(15)14-10-3-4-10)17-12-7-5-11(16-2)6-8-12/h5-10H,3-4H2,1-2H3,(H,14,15)/t9-/m0/s1. The highest BCUT2D eigenvalue weighted by atomic mass is 16.5. The van der Waals surface area contributed by atoms with E-state index in [2.05, 4.69) is 5.32 Å². The van der Waals surface area contributed by atoms with Gasteiger partial charge in [0.05, 0.1) is 7.11 Å². The summed E-state index contributed by atoms with van der Waals surface area (Å²) in [7, 11) is 1.61. The Morgan fingerprint density at radius 1 is 1.29 bits per heavy atom. The van der Waals surface area contributed by atoms with Crippen LogP contribution in [-0.2, 0) is 4.79 Å². The molecule has 1 atom stereocenters. The number of hydrogen-bond acceptors (Lipinski definition) is 3. The van der Waals surface area contributed by atoms with Gasteiger partial charge in [0.15, 0.2) is 6.10 Å². The lowest BCUT2D eigenvalue weighted by Crippen LogP contribution is -2.37. The van der Waals surface area contributed by atoms with Crippen molar-refractivity contribution in [2.75, 3.05) is 7.11 Å².